The van der Waals surface area contributed by atoms with Crippen LogP contribution in [0.5, 0.6) is 0 Å². The highest BCUT2D eigenvalue weighted by Crippen LogP contribution is 2.31. The summed E-state index contributed by atoms with van der Waals surface area (Å²) in [4.78, 5) is 3.73. The minimum Gasteiger partial charge on any atom is -0.394 e. The van der Waals surface area contributed by atoms with Crippen LogP contribution in [0.15, 0.2) is 10.4 Å². The average Bonchev–Trinajstić information content (AvgIpc) is 2.77. The highest BCUT2D eigenvalue weighted by Gasteiger charge is 2.36. The molecule has 0 bridgehead atoms. The molecule has 1 aliphatic rings. The largest absolute Gasteiger partial charge is 0.394 e. The number of hydrogen-bond donors (Lipinski definition) is 2. The first kappa shape index (κ1) is 14.2. The number of nitrogens with one attached hydrogen (secondary N) is 1. The van der Waals surface area contributed by atoms with Crippen molar-refractivity contribution in [2.45, 2.75) is 41.9 Å². The molecule has 2 rings (SSSR count). The molecule has 0 saturated heterocycles. The molecule has 18 heavy (non-hydrogen) atoms. The highest BCUT2D eigenvalue weighted by atomic mass is 35.5. The second-order valence-corrected chi connectivity index (χ2v) is 8.06. The van der Waals surface area contributed by atoms with Crippen molar-refractivity contribution in [1.82, 2.24) is 9.71 Å². The maximum absolute atomic E-state index is 12.2. The van der Waals surface area contributed by atoms with Crippen molar-refractivity contribution in [2.24, 2.45) is 0 Å². The van der Waals surface area contributed by atoms with Gasteiger partial charge in [0.05, 0.1) is 18.3 Å². The number of sulfonamides is 1. The third-order valence-electron chi connectivity index (χ3n) is 3.19. The van der Waals surface area contributed by atoms with Gasteiger partial charge in [0.15, 0.2) is 8.68 Å². The van der Waals surface area contributed by atoms with Crippen LogP contribution in [0.25, 0.3) is 0 Å². The Morgan fingerprint density at radius 3 is 2.61 bits per heavy atom. The number of aliphatic hydroxyl groups is 1. The molecule has 1 fully saturated rings. The monoisotopic (exact) mass is 310 g/mol. The normalized spacial score (nSPS) is 19.9. The average molecular weight is 311 g/mol. The Labute approximate surface area is 115 Å². The van der Waals surface area contributed by atoms with Crippen LogP contribution in [0.1, 0.15) is 32.1 Å². The number of thiazole rings is 1. The van der Waals surface area contributed by atoms with E-state index in [0.717, 1.165) is 30.6 Å². The SMILES string of the molecule is O=S(=O)(NC1(CO)CCCCC1)c1cnc(Cl)s1. The number of halogens is 1. The first-order chi connectivity index (χ1) is 8.47. The lowest BCUT2D eigenvalue weighted by molar-refractivity contribution is 0.142. The van der Waals surface area contributed by atoms with Gasteiger partial charge in [-0.2, -0.15) is 0 Å². The minimum absolute atomic E-state index is 0.0888. The molecule has 0 radical (unpaired) electrons. The smallest absolute Gasteiger partial charge is 0.252 e. The molecule has 1 heterocycles. The van der Waals surface area contributed by atoms with E-state index >= 15 is 0 Å². The molecule has 1 aromatic heterocycles. The van der Waals surface area contributed by atoms with Crippen LogP contribution in [0.4, 0.5) is 0 Å². The van der Waals surface area contributed by atoms with Gasteiger partial charge in [-0.05, 0) is 12.8 Å². The van der Waals surface area contributed by atoms with Crippen molar-refractivity contribution in [3.8, 4) is 0 Å². The van der Waals surface area contributed by atoms with Crippen LogP contribution in [0, 0.1) is 0 Å². The van der Waals surface area contributed by atoms with Gasteiger partial charge in [-0.1, -0.05) is 42.2 Å². The van der Waals surface area contributed by atoms with Crippen LogP contribution in [0.3, 0.4) is 0 Å². The fourth-order valence-electron chi connectivity index (χ4n) is 2.22. The lowest BCUT2D eigenvalue weighted by atomic mass is 9.83. The van der Waals surface area contributed by atoms with Gasteiger partial charge in [-0.3, -0.25) is 0 Å². The molecule has 0 aromatic carbocycles. The summed E-state index contributed by atoms with van der Waals surface area (Å²) < 4.78 is 27.2. The first-order valence-corrected chi connectivity index (χ1v) is 8.41. The fourth-order valence-corrected chi connectivity index (χ4v) is 4.96. The van der Waals surface area contributed by atoms with Gasteiger partial charge in [0.2, 0.25) is 0 Å². The molecule has 8 heteroatoms. The van der Waals surface area contributed by atoms with E-state index in [0.29, 0.717) is 12.8 Å². The van der Waals surface area contributed by atoms with Crippen molar-refractivity contribution >= 4 is 33.0 Å². The maximum Gasteiger partial charge on any atom is 0.252 e. The summed E-state index contributed by atoms with van der Waals surface area (Å²) in [5.74, 6) is 0. The third-order valence-corrected chi connectivity index (χ3v) is 6.34. The van der Waals surface area contributed by atoms with Gasteiger partial charge in [0, 0.05) is 0 Å². The van der Waals surface area contributed by atoms with E-state index in [2.05, 4.69) is 9.71 Å². The molecule has 1 aliphatic carbocycles. The van der Waals surface area contributed by atoms with Gasteiger partial charge in [0.1, 0.15) is 0 Å². The van der Waals surface area contributed by atoms with Crippen LogP contribution in [-0.4, -0.2) is 30.7 Å². The van der Waals surface area contributed by atoms with Crippen molar-refractivity contribution in [2.75, 3.05) is 6.61 Å². The first-order valence-electron chi connectivity index (χ1n) is 5.74. The Balaban J connectivity index is 2.21. The molecule has 5 nitrogen and oxygen atoms in total. The Morgan fingerprint density at radius 2 is 2.11 bits per heavy atom. The molecule has 0 unspecified atom stereocenters. The van der Waals surface area contributed by atoms with Crippen LogP contribution in [-0.2, 0) is 10.0 Å². The summed E-state index contributed by atoms with van der Waals surface area (Å²) in [6.45, 7) is -0.182. The molecule has 0 aliphatic heterocycles. The second kappa shape index (κ2) is 5.42. The lowest BCUT2D eigenvalue weighted by Gasteiger charge is -2.35. The number of nitrogens with zero attached hydrogens (tertiary/aromatic N) is 1. The van der Waals surface area contributed by atoms with E-state index in [1.807, 2.05) is 0 Å². The van der Waals surface area contributed by atoms with E-state index in [9.17, 15) is 13.5 Å². The Bertz CT molecular complexity index is 509. The van der Waals surface area contributed by atoms with Crippen molar-refractivity contribution in [3.05, 3.63) is 10.7 Å². The standard InChI is InChI=1S/C10H15ClN2O3S2/c11-9-12-6-8(17-9)18(15,16)13-10(7-14)4-2-1-3-5-10/h6,13-14H,1-5,7H2. The van der Waals surface area contributed by atoms with E-state index in [1.165, 1.54) is 6.20 Å². The molecule has 1 saturated carbocycles. The van der Waals surface area contributed by atoms with E-state index in [4.69, 9.17) is 11.6 Å². The second-order valence-electron chi connectivity index (χ2n) is 4.54. The summed E-state index contributed by atoms with van der Waals surface area (Å²) in [5, 5.41) is 9.49. The summed E-state index contributed by atoms with van der Waals surface area (Å²) in [7, 11) is -3.65. The highest BCUT2D eigenvalue weighted by molar-refractivity contribution is 7.91. The molecule has 102 valence electrons. The molecule has 0 atom stereocenters. The topological polar surface area (TPSA) is 79.3 Å². The van der Waals surface area contributed by atoms with Gasteiger partial charge < -0.3 is 5.11 Å². The molecule has 0 spiro atoms. The third kappa shape index (κ3) is 3.03. The Kier molecular flexibility index (Phi) is 4.28. The maximum atomic E-state index is 12.2. The van der Waals surface area contributed by atoms with E-state index in [-0.39, 0.29) is 15.3 Å². The number of hydrogen-bond acceptors (Lipinski definition) is 5. The lowest BCUT2D eigenvalue weighted by Crippen LogP contribution is -2.52. The fraction of sp³-hybridized carbons (Fsp3) is 0.700. The van der Waals surface area contributed by atoms with E-state index < -0.39 is 15.6 Å². The van der Waals surface area contributed by atoms with Gasteiger partial charge in [-0.25, -0.2) is 18.1 Å². The molecular formula is C10H15ClN2O3S2. The van der Waals surface area contributed by atoms with Crippen LogP contribution < -0.4 is 4.72 Å². The zero-order chi connectivity index (χ0) is 13.2. The summed E-state index contributed by atoms with van der Waals surface area (Å²) >= 11 is 6.56. The van der Waals surface area contributed by atoms with Crippen LogP contribution in [0.2, 0.25) is 4.47 Å². The molecule has 1 aromatic rings. The van der Waals surface area contributed by atoms with Crippen LogP contribution >= 0.6 is 22.9 Å². The van der Waals surface area contributed by atoms with Gasteiger partial charge >= 0.3 is 0 Å². The summed E-state index contributed by atoms with van der Waals surface area (Å²) in [6, 6.07) is 0. The molecule has 0 amide bonds. The predicted octanol–water partition coefficient (Wildman–Crippen LogP) is 1.77. The Hall–Kier alpha value is -0.210. The van der Waals surface area contributed by atoms with E-state index in [1.54, 1.807) is 0 Å². The molecular weight excluding hydrogens is 296 g/mol. The summed E-state index contributed by atoms with van der Waals surface area (Å²) in [6.07, 6.45) is 5.49. The van der Waals surface area contributed by atoms with Crippen molar-refractivity contribution in [3.63, 3.8) is 0 Å². The number of aliphatic hydroxyl groups excluding tert-OH is 1. The zero-order valence-electron chi connectivity index (χ0n) is 9.73. The van der Waals surface area contributed by atoms with Gasteiger partial charge in [-0.15, -0.1) is 0 Å². The van der Waals surface area contributed by atoms with Gasteiger partial charge in [0.25, 0.3) is 10.0 Å². The number of rotatable bonds is 4. The summed E-state index contributed by atoms with van der Waals surface area (Å²) in [5.41, 5.74) is -0.729. The minimum atomic E-state index is -3.65. The quantitative estimate of drug-likeness (QED) is 0.888. The van der Waals surface area contributed by atoms with Crippen molar-refractivity contribution in [1.29, 1.82) is 0 Å². The Morgan fingerprint density at radius 1 is 1.44 bits per heavy atom. The zero-order valence-corrected chi connectivity index (χ0v) is 12.1. The predicted molar refractivity (Wildman–Crippen MR) is 70.3 cm³/mol. The molecule has 2 N–H and O–H groups in total. The van der Waals surface area contributed by atoms with Crippen molar-refractivity contribution < 1.29 is 13.5 Å². The number of aromatic nitrogens is 1.